The number of aromatic nitrogens is 4. The van der Waals surface area contributed by atoms with Gasteiger partial charge in [-0.05, 0) is 50.5 Å². The van der Waals surface area contributed by atoms with Crippen LogP contribution in [-0.2, 0) is 4.79 Å². The number of thiazole rings is 1. The van der Waals surface area contributed by atoms with Crippen molar-refractivity contribution >= 4 is 45.2 Å². The van der Waals surface area contributed by atoms with E-state index in [1.165, 1.54) is 18.2 Å². The second-order valence-corrected chi connectivity index (χ2v) is 10.5. The quantitative estimate of drug-likeness (QED) is 0.331. The van der Waals surface area contributed by atoms with Crippen molar-refractivity contribution in [1.82, 2.24) is 24.6 Å². The van der Waals surface area contributed by atoms with Crippen molar-refractivity contribution in [2.75, 3.05) is 30.8 Å². The summed E-state index contributed by atoms with van der Waals surface area (Å²) in [6, 6.07) is 18.1. The van der Waals surface area contributed by atoms with E-state index in [1.54, 1.807) is 16.2 Å². The van der Waals surface area contributed by atoms with Crippen molar-refractivity contribution in [2.24, 2.45) is 0 Å². The molecule has 2 aromatic carbocycles. The molecule has 0 aliphatic carbocycles. The number of nitrogens with zero attached hydrogens (tertiary/aromatic N) is 6. The smallest absolute Gasteiger partial charge is 0.233 e. The largest absolute Gasteiger partial charge is 0.341 e. The summed E-state index contributed by atoms with van der Waals surface area (Å²) in [5.74, 6) is 1.19. The molecule has 0 unspecified atom stereocenters. The van der Waals surface area contributed by atoms with Crippen LogP contribution in [-0.4, -0.2) is 56.4 Å². The third-order valence-electron chi connectivity index (χ3n) is 6.24. The van der Waals surface area contributed by atoms with Crippen molar-refractivity contribution in [2.45, 2.75) is 37.4 Å². The normalized spacial score (nSPS) is 14.9. The molecule has 2 aromatic heterocycles. The summed E-state index contributed by atoms with van der Waals surface area (Å²) >= 11 is 3.08. The summed E-state index contributed by atoms with van der Waals surface area (Å²) in [5.41, 5.74) is 1.99. The standard InChI is InChI=1S/C25H28N6OS2/c1-18(23-26-20-13-7-8-14-21(20)34-23)29(2)22(32)17-33-25-28-27-24(30-15-9-4-10-16-30)31(25)19-11-5-3-6-12-19/h3,5-8,11-14,18H,4,9-10,15-17H2,1-2H3/t18-/m0/s1. The highest BCUT2D eigenvalue weighted by molar-refractivity contribution is 7.99. The van der Waals surface area contributed by atoms with Gasteiger partial charge in [0.05, 0.1) is 27.7 Å². The predicted molar refractivity (Wildman–Crippen MR) is 139 cm³/mol. The van der Waals surface area contributed by atoms with Crippen LogP contribution < -0.4 is 4.90 Å². The fraction of sp³-hybridized carbons (Fsp3) is 0.360. The number of hydrogen-bond acceptors (Lipinski definition) is 7. The molecule has 1 fully saturated rings. The maximum Gasteiger partial charge on any atom is 0.233 e. The molecule has 1 atom stereocenters. The van der Waals surface area contributed by atoms with Gasteiger partial charge in [0.15, 0.2) is 5.16 Å². The Morgan fingerprint density at radius 1 is 1.06 bits per heavy atom. The number of thioether (sulfide) groups is 1. The van der Waals surface area contributed by atoms with E-state index < -0.39 is 0 Å². The lowest BCUT2D eigenvalue weighted by molar-refractivity contribution is -0.128. The van der Waals surface area contributed by atoms with Crippen molar-refractivity contribution in [3.8, 4) is 5.69 Å². The van der Waals surface area contributed by atoms with Crippen LogP contribution in [0.15, 0.2) is 59.8 Å². The van der Waals surface area contributed by atoms with E-state index >= 15 is 0 Å². The second-order valence-electron chi connectivity index (χ2n) is 8.49. The summed E-state index contributed by atoms with van der Waals surface area (Å²) in [7, 11) is 1.85. The molecule has 176 valence electrons. The van der Waals surface area contributed by atoms with Crippen molar-refractivity contribution in [3.63, 3.8) is 0 Å². The number of amides is 1. The monoisotopic (exact) mass is 492 g/mol. The molecule has 0 radical (unpaired) electrons. The van der Waals surface area contributed by atoms with Crippen LogP contribution in [0.1, 0.15) is 37.2 Å². The minimum absolute atomic E-state index is 0.0406. The van der Waals surface area contributed by atoms with Crippen LogP contribution in [0.2, 0.25) is 0 Å². The fourth-order valence-corrected chi connectivity index (χ4v) is 6.07. The first kappa shape index (κ1) is 22.9. The van der Waals surface area contributed by atoms with Gasteiger partial charge in [0.25, 0.3) is 0 Å². The third-order valence-corrected chi connectivity index (χ3v) is 8.36. The number of hydrogen-bond donors (Lipinski definition) is 0. The molecule has 1 aliphatic rings. The zero-order valence-corrected chi connectivity index (χ0v) is 21.1. The van der Waals surface area contributed by atoms with Crippen molar-refractivity contribution in [1.29, 1.82) is 0 Å². The molecule has 3 heterocycles. The molecular formula is C25H28N6OS2. The summed E-state index contributed by atoms with van der Waals surface area (Å²) in [6.45, 7) is 4.00. The molecular weight excluding hydrogens is 464 g/mol. The minimum Gasteiger partial charge on any atom is -0.341 e. The van der Waals surface area contributed by atoms with Crippen LogP contribution in [0, 0.1) is 0 Å². The first-order valence-corrected chi connectivity index (χ1v) is 13.4. The molecule has 34 heavy (non-hydrogen) atoms. The van der Waals surface area contributed by atoms with Gasteiger partial charge in [-0.25, -0.2) is 4.98 Å². The Labute approximate surface area is 207 Å². The number of anilines is 1. The van der Waals surface area contributed by atoms with Gasteiger partial charge in [0.1, 0.15) is 5.01 Å². The highest BCUT2D eigenvalue weighted by Gasteiger charge is 2.24. The molecule has 1 amide bonds. The van der Waals surface area contributed by atoms with E-state index in [9.17, 15) is 4.79 Å². The van der Waals surface area contributed by atoms with Gasteiger partial charge in [-0.3, -0.25) is 9.36 Å². The highest BCUT2D eigenvalue weighted by Crippen LogP contribution is 2.31. The number of piperidine rings is 1. The second kappa shape index (κ2) is 10.1. The van der Waals surface area contributed by atoms with Crippen molar-refractivity contribution in [3.05, 3.63) is 59.6 Å². The maximum absolute atomic E-state index is 13.1. The number of carbonyl (C=O) groups is 1. The lowest BCUT2D eigenvalue weighted by Gasteiger charge is -2.28. The summed E-state index contributed by atoms with van der Waals surface area (Å²) in [5, 5.41) is 10.7. The molecule has 1 aliphatic heterocycles. The van der Waals surface area contributed by atoms with E-state index in [4.69, 9.17) is 4.98 Å². The fourth-order valence-electron chi connectivity index (χ4n) is 4.14. The van der Waals surface area contributed by atoms with Gasteiger partial charge in [0.2, 0.25) is 11.9 Å². The summed E-state index contributed by atoms with van der Waals surface area (Å²) in [4.78, 5) is 21.9. The van der Waals surface area contributed by atoms with Gasteiger partial charge in [-0.1, -0.05) is 42.1 Å². The molecule has 0 bridgehead atoms. The SMILES string of the molecule is C[C@@H](c1nc2ccccc2s1)N(C)C(=O)CSc1nnc(N2CCCCC2)n1-c1ccccc1. The van der Waals surface area contributed by atoms with Gasteiger partial charge in [0, 0.05) is 20.1 Å². The number of carbonyl (C=O) groups excluding carboxylic acids is 1. The van der Waals surface area contributed by atoms with Gasteiger partial charge in [-0.15, -0.1) is 21.5 Å². The Balaban J connectivity index is 1.33. The molecule has 0 spiro atoms. The van der Waals surface area contributed by atoms with Gasteiger partial charge < -0.3 is 9.80 Å². The Kier molecular flexibility index (Phi) is 6.82. The van der Waals surface area contributed by atoms with Crippen molar-refractivity contribution < 1.29 is 4.79 Å². The Bertz CT molecular complexity index is 1230. The molecule has 7 nitrogen and oxygen atoms in total. The number of benzene rings is 2. The lowest BCUT2D eigenvalue weighted by Crippen LogP contribution is -2.32. The van der Waals surface area contributed by atoms with E-state index in [1.807, 2.05) is 50.4 Å². The Hall–Kier alpha value is -2.91. The molecule has 4 aromatic rings. The number of rotatable bonds is 7. The van der Waals surface area contributed by atoms with Crippen LogP contribution in [0.3, 0.4) is 0 Å². The van der Waals surface area contributed by atoms with E-state index in [2.05, 4.69) is 37.9 Å². The highest BCUT2D eigenvalue weighted by atomic mass is 32.2. The number of fused-ring (bicyclic) bond motifs is 1. The van der Waals surface area contributed by atoms with Gasteiger partial charge >= 0.3 is 0 Å². The zero-order chi connectivity index (χ0) is 23.5. The Morgan fingerprint density at radius 2 is 1.79 bits per heavy atom. The van der Waals surface area contributed by atoms with E-state index in [0.717, 1.165) is 57.9 Å². The molecule has 5 rings (SSSR count). The minimum atomic E-state index is -0.0959. The Morgan fingerprint density at radius 3 is 2.56 bits per heavy atom. The molecule has 0 saturated carbocycles. The van der Waals surface area contributed by atoms with E-state index in [-0.39, 0.29) is 17.7 Å². The first-order valence-electron chi connectivity index (χ1n) is 11.6. The molecule has 1 saturated heterocycles. The molecule has 9 heteroatoms. The lowest BCUT2D eigenvalue weighted by atomic mass is 10.1. The zero-order valence-electron chi connectivity index (χ0n) is 19.4. The van der Waals surface area contributed by atoms with E-state index in [0.29, 0.717) is 0 Å². The average molecular weight is 493 g/mol. The molecule has 0 N–H and O–H groups in total. The number of para-hydroxylation sites is 2. The third kappa shape index (κ3) is 4.67. The average Bonchev–Trinajstić information content (AvgIpc) is 3.52. The summed E-state index contributed by atoms with van der Waals surface area (Å²) < 4.78 is 3.22. The van der Waals surface area contributed by atoms with Crippen LogP contribution in [0.5, 0.6) is 0 Å². The van der Waals surface area contributed by atoms with Crippen LogP contribution in [0.4, 0.5) is 5.95 Å². The predicted octanol–water partition coefficient (Wildman–Crippen LogP) is 5.18. The van der Waals surface area contributed by atoms with Gasteiger partial charge in [-0.2, -0.15) is 0 Å². The first-order chi connectivity index (χ1) is 16.6. The summed E-state index contributed by atoms with van der Waals surface area (Å²) in [6.07, 6.45) is 3.58. The maximum atomic E-state index is 13.1. The van der Waals surface area contributed by atoms with Crippen LogP contribution >= 0.6 is 23.1 Å². The topological polar surface area (TPSA) is 67.2 Å². The van der Waals surface area contributed by atoms with Crippen LogP contribution in [0.25, 0.3) is 15.9 Å².